The molecule has 144 valence electrons. The maximum atomic E-state index is 12.9. The summed E-state index contributed by atoms with van der Waals surface area (Å²) in [5.41, 5.74) is 3.20. The number of para-hydroxylation sites is 2. The maximum Gasteiger partial charge on any atom is 0.244 e. The van der Waals surface area contributed by atoms with Gasteiger partial charge in [0.2, 0.25) is 11.8 Å². The molecule has 0 spiro atoms. The van der Waals surface area contributed by atoms with E-state index in [1.807, 2.05) is 36.4 Å². The summed E-state index contributed by atoms with van der Waals surface area (Å²) in [5, 5.41) is 4.21. The van der Waals surface area contributed by atoms with Crippen LogP contribution < -0.4 is 10.2 Å². The van der Waals surface area contributed by atoms with Crippen LogP contribution in [0.1, 0.15) is 13.3 Å². The molecule has 1 aromatic heterocycles. The second-order valence-electron chi connectivity index (χ2n) is 6.51. The Morgan fingerprint density at radius 1 is 1.29 bits per heavy atom. The molecule has 0 fully saturated rings. The lowest BCUT2D eigenvalue weighted by Gasteiger charge is -2.29. The van der Waals surface area contributed by atoms with Gasteiger partial charge in [-0.25, -0.2) is 4.98 Å². The molecule has 1 aliphatic heterocycles. The summed E-state index contributed by atoms with van der Waals surface area (Å²) < 4.78 is 2.11. The van der Waals surface area contributed by atoms with Crippen LogP contribution in [0.25, 0.3) is 11.0 Å². The summed E-state index contributed by atoms with van der Waals surface area (Å²) in [5.74, 6) is -0.118. The predicted octanol–water partition coefficient (Wildman–Crippen LogP) is 4.18. The Labute approximate surface area is 171 Å². The van der Waals surface area contributed by atoms with Crippen molar-refractivity contribution in [2.45, 2.75) is 25.0 Å². The molecule has 0 atom stereocenters. The first-order valence-corrected chi connectivity index (χ1v) is 10.4. The number of imidazole rings is 1. The molecule has 4 rings (SSSR count). The van der Waals surface area contributed by atoms with Crippen molar-refractivity contribution in [3.05, 3.63) is 47.5 Å². The Morgan fingerprint density at radius 2 is 2.11 bits per heavy atom. The molecule has 1 aliphatic rings. The van der Waals surface area contributed by atoms with Gasteiger partial charge in [0, 0.05) is 11.6 Å². The normalized spacial score (nSPS) is 13.5. The number of nitrogens with zero attached hydrogens (tertiary/aromatic N) is 3. The number of hydrogen-bond donors (Lipinski definition) is 1. The molecule has 2 amide bonds. The van der Waals surface area contributed by atoms with Gasteiger partial charge in [0.1, 0.15) is 6.54 Å². The minimum atomic E-state index is -0.190. The zero-order chi connectivity index (χ0) is 19.7. The Morgan fingerprint density at radius 3 is 2.93 bits per heavy atom. The summed E-state index contributed by atoms with van der Waals surface area (Å²) >= 11 is 7.48. The molecule has 0 saturated heterocycles. The molecular weight excluding hydrogens is 396 g/mol. The van der Waals surface area contributed by atoms with Gasteiger partial charge in [-0.05, 0) is 36.8 Å². The van der Waals surface area contributed by atoms with Crippen molar-refractivity contribution in [3.63, 3.8) is 0 Å². The zero-order valence-corrected chi connectivity index (χ0v) is 16.9. The van der Waals surface area contributed by atoms with Crippen LogP contribution in [0.2, 0.25) is 5.02 Å². The lowest BCUT2D eigenvalue weighted by molar-refractivity contribution is -0.120. The lowest BCUT2D eigenvalue weighted by Crippen LogP contribution is -2.43. The zero-order valence-electron chi connectivity index (χ0n) is 15.3. The van der Waals surface area contributed by atoms with E-state index in [0.29, 0.717) is 10.7 Å². The average molecular weight is 415 g/mol. The summed E-state index contributed by atoms with van der Waals surface area (Å²) in [7, 11) is 0. The third-order valence-electron chi connectivity index (χ3n) is 4.52. The Balaban J connectivity index is 1.57. The van der Waals surface area contributed by atoms with Gasteiger partial charge in [0.25, 0.3) is 0 Å². The van der Waals surface area contributed by atoms with E-state index in [4.69, 9.17) is 11.6 Å². The van der Waals surface area contributed by atoms with Crippen molar-refractivity contribution in [1.82, 2.24) is 9.55 Å². The third-order valence-corrected chi connectivity index (χ3v) is 5.72. The molecule has 0 aliphatic carbocycles. The summed E-state index contributed by atoms with van der Waals surface area (Å²) in [4.78, 5) is 31.0. The second-order valence-corrected chi connectivity index (χ2v) is 7.89. The fraction of sp³-hybridized carbons (Fsp3) is 0.250. The van der Waals surface area contributed by atoms with E-state index < -0.39 is 0 Å². The molecule has 2 heterocycles. The largest absolute Gasteiger partial charge is 0.323 e. The number of aryl methyl sites for hydroxylation is 1. The van der Waals surface area contributed by atoms with Crippen LogP contribution in [0.5, 0.6) is 0 Å². The molecule has 0 bridgehead atoms. The summed E-state index contributed by atoms with van der Waals surface area (Å²) in [6.07, 6.45) is 0.954. The summed E-state index contributed by atoms with van der Waals surface area (Å²) in [6, 6.07) is 13.0. The van der Waals surface area contributed by atoms with Crippen molar-refractivity contribution in [3.8, 4) is 0 Å². The molecular formula is C20H19ClN4O2S. The second kappa shape index (κ2) is 7.85. The minimum absolute atomic E-state index is 0.0252. The van der Waals surface area contributed by atoms with Crippen molar-refractivity contribution >= 4 is 57.6 Å². The van der Waals surface area contributed by atoms with E-state index in [-0.39, 0.29) is 24.1 Å². The van der Waals surface area contributed by atoms with Crippen LogP contribution in [-0.4, -0.2) is 33.7 Å². The molecule has 1 N–H and O–H groups in total. The number of thioether (sulfide) groups is 1. The van der Waals surface area contributed by atoms with Gasteiger partial charge >= 0.3 is 0 Å². The topological polar surface area (TPSA) is 67.2 Å². The number of nitrogens with one attached hydrogen (secondary N) is 1. The quantitative estimate of drug-likeness (QED) is 0.636. The van der Waals surface area contributed by atoms with Crippen molar-refractivity contribution in [2.75, 3.05) is 22.5 Å². The number of anilines is 2. The first kappa shape index (κ1) is 18.8. The van der Waals surface area contributed by atoms with Gasteiger partial charge in [-0.2, -0.15) is 0 Å². The first-order chi connectivity index (χ1) is 13.6. The summed E-state index contributed by atoms with van der Waals surface area (Å²) in [6.45, 7) is 2.94. The van der Waals surface area contributed by atoms with Gasteiger partial charge in [0.15, 0.2) is 5.16 Å². The Hall–Kier alpha value is -2.51. The van der Waals surface area contributed by atoms with E-state index in [2.05, 4.69) is 21.8 Å². The van der Waals surface area contributed by atoms with E-state index >= 15 is 0 Å². The highest BCUT2D eigenvalue weighted by molar-refractivity contribution is 7.99. The van der Waals surface area contributed by atoms with Gasteiger partial charge in [0.05, 0.1) is 28.2 Å². The number of halogens is 1. The van der Waals surface area contributed by atoms with E-state index in [9.17, 15) is 9.59 Å². The van der Waals surface area contributed by atoms with Crippen LogP contribution >= 0.6 is 23.4 Å². The average Bonchev–Trinajstić information content (AvgIpc) is 3.02. The fourth-order valence-electron chi connectivity index (χ4n) is 3.29. The molecule has 28 heavy (non-hydrogen) atoms. The molecule has 2 aromatic carbocycles. The fourth-order valence-corrected chi connectivity index (χ4v) is 4.37. The highest BCUT2D eigenvalue weighted by Crippen LogP contribution is 2.31. The van der Waals surface area contributed by atoms with Gasteiger partial charge in [-0.15, -0.1) is 0 Å². The molecule has 3 aromatic rings. The first-order valence-electron chi connectivity index (χ1n) is 9.04. The number of amides is 2. The van der Waals surface area contributed by atoms with E-state index in [1.54, 1.807) is 6.07 Å². The van der Waals surface area contributed by atoms with E-state index in [0.717, 1.165) is 34.8 Å². The van der Waals surface area contributed by atoms with Crippen LogP contribution in [0, 0.1) is 0 Å². The number of benzene rings is 2. The van der Waals surface area contributed by atoms with Crippen molar-refractivity contribution in [2.24, 2.45) is 0 Å². The number of fused-ring (bicyclic) bond motifs is 2. The highest BCUT2D eigenvalue weighted by atomic mass is 35.5. The standard InChI is InChI=1S/C20H19ClN4O2S/c1-2-9-24-17-8-7-13(21)10-15(17)23-20(24)28-12-19(27)25-11-18(26)22-14-5-3-4-6-16(14)25/h3-8,10H,2,9,11-12H2,1H3,(H,22,26). The predicted molar refractivity (Wildman–Crippen MR) is 113 cm³/mol. The Kier molecular flexibility index (Phi) is 5.28. The SMILES string of the molecule is CCCn1c(SCC(=O)N2CC(=O)Nc3ccccc32)nc2cc(Cl)ccc21. The number of aromatic nitrogens is 2. The highest BCUT2D eigenvalue weighted by Gasteiger charge is 2.27. The van der Waals surface area contributed by atoms with Gasteiger partial charge in [-0.3, -0.25) is 9.59 Å². The number of carbonyl (C=O) groups is 2. The number of rotatable bonds is 5. The Bertz CT molecular complexity index is 1070. The molecule has 6 nitrogen and oxygen atoms in total. The van der Waals surface area contributed by atoms with Crippen molar-refractivity contribution < 1.29 is 9.59 Å². The molecule has 0 radical (unpaired) electrons. The maximum absolute atomic E-state index is 12.9. The van der Waals surface area contributed by atoms with Gasteiger partial charge in [-0.1, -0.05) is 42.4 Å². The monoisotopic (exact) mass is 414 g/mol. The van der Waals surface area contributed by atoms with E-state index in [1.165, 1.54) is 16.7 Å². The van der Waals surface area contributed by atoms with Gasteiger partial charge < -0.3 is 14.8 Å². The number of carbonyl (C=O) groups excluding carboxylic acids is 2. The third kappa shape index (κ3) is 3.59. The van der Waals surface area contributed by atoms with Crippen LogP contribution in [0.4, 0.5) is 11.4 Å². The number of hydrogen-bond acceptors (Lipinski definition) is 4. The lowest BCUT2D eigenvalue weighted by atomic mass is 10.2. The molecule has 0 unspecified atom stereocenters. The minimum Gasteiger partial charge on any atom is -0.323 e. The van der Waals surface area contributed by atoms with Crippen LogP contribution in [-0.2, 0) is 16.1 Å². The van der Waals surface area contributed by atoms with Crippen LogP contribution in [0.15, 0.2) is 47.6 Å². The van der Waals surface area contributed by atoms with Crippen LogP contribution in [0.3, 0.4) is 0 Å². The molecule has 0 saturated carbocycles. The molecule has 8 heteroatoms. The smallest absolute Gasteiger partial charge is 0.244 e. The van der Waals surface area contributed by atoms with Crippen molar-refractivity contribution in [1.29, 1.82) is 0 Å².